The molecule has 2 aromatic rings. The smallest absolute Gasteiger partial charge is 0.106 e. The van der Waals surface area contributed by atoms with Crippen LogP contribution in [0.1, 0.15) is 30.8 Å². The van der Waals surface area contributed by atoms with Gasteiger partial charge in [-0.25, -0.2) is 0 Å². The molecule has 74 valence electrons. The zero-order valence-electron chi connectivity index (χ0n) is 8.27. The molecule has 2 aromatic heterocycles. The van der Waals surface area contributed by atoms with E-state index in [-0.39, 0.29) is 0 Å². The average molecular weight is 190 g/mol. The first-order chi connectivity index (χ1) is 6.86. The van der Waals surface area contributed by atoms with Gasteiger partial charge in [0.25, 0.3) is 0 Å². The number of furan rings is 2. The molecule has 0 amide bonds. The fourth-order valence-corrected chi connectivity index (χ4v) is 1.53. The highest BCUT2D eigenvalue weighted by atomic mass is 16.3. The van der Waals surface area contributed by atoms with Gasteiger partial charge < -0.3 is 8.83 Å². The molecule has 0 aliphatic heterocycles. The third-order valence-corrected chi connectivity index (χ3v) is 2.43. The topological polar surface area (TPSA) is 26.3 Å². The molecule has 2 heteroatoms. The zero-order valence-corrected chi connectivity index (χ0v) is 8.27. The van der Waals surface area contributed by atoms with Crippen LogP contribution in [0.25, 0.3) is 0 Å². The summed E-state index contributed by atoms with van der Waals surface area (Å²) in [4.78, 5) is 0. The Hall–Kier alpha value is -1.44. The number of hydrogen-bond donors (Lipinski definition) is 0. The summed E-state index contributed by atoms with van der Waals surface area (Å²) < 4.78 is 10.6. The summed E-state index contributed by atoms with van der Waals surface area (Å²) in [6.07, 6.45) is 5.46. The Morgan fingerprint density at radius 3 is 2.57 bits per heavy atom. The first-order valence-corrected chi connectivity index (χ1v) is 4.92. The molecular formula is C12H14O2. The van der Waals surface area contributed by atoms with Crippen molar-refractivity contribution in [2.45, 2.75) is 25.7 Å². The molecule has 2 nitrogen and oxygen atoms in total. The van der Waals surface area contributed by atoms with Crippen LogP contribution in [-0.2, 0) is 6.42 Å². The van der Waals surface area contributed by atoms with Gasteiger partial charge in [0.1, 0.15) is 11.5 Å². The van der Waals surface area contributed by atoms with E-state index in [1.807, 2.05) is 24.3 Å². The van der Waals surface area contributed by atoms with Crippen molar-refractivity contribution in [3.05, 3.63) is 48.3 Å². The van der Waals surface area contributed by atoms with E-state index in [1.54, 1.807) is 12.5 Å². The van der Waals surface area contributed by atoms with Gasteiger partial charge >= 0.3 is 0 Å². The molecule has 0 bridgehead atoms. The Bertz CT molecular complexity index is 346. The van der Waals surface area contributed by atoms with Gasteiger partial charge in [0.2, 0.25) is 0 Å². The normalized spacial score (nSPS) is 12.9. The van der Waals surface area contributed by atoms with Crippen LogP contribution >= 0.6 is 0 Å². The summed E-state index contributed by atoms with van der Waals surface area (Å²) in [5.41, 5.74) is 0. The molecule has 2 rings (SSSR count). The molecule has 0 aliphatic rings. The van der Waals surface area contributed by atoms with E-state index in [1.165, 1.54) is 0 Å². The van der Waals surface area contributed by atoms with E-state index >= 15 is 0 Å². The zero-order chi connectivity index (χ0) is 9.80. The minimum absolute atomic E-state index is 0.454. The van der Waals surface area contributed by atoms with Gasteiger partial charge in [-0.2, -0.15) is 0 Å². The SMILES string of the molecule is CC(CCc1ccco1)c1ccco1. The molecule has 2 heterocycles. The lowest BCUT2D eigenvalue weighted by molar-refractivity contribution is 0.443. The van der Waals surface area contributed by atoms with Crippen molar-refractivity contribution in [1.29, 1.82) is 0 Å². The van der Waals surface area contributed by atoms with Crippen molar-refractivity contribution in [3.8, 4) is 0 Å². The predicted octanol–water partition coefficient (Wildman–Crippen LogP) is 3.61. The van der Waals surface area contributed by atoms with E-state index < -0.39 is 0 Å². The molecule has 0 N–H and O–H groups in total. The van der Waals surface area contributed by atoms with Crippen molar-refractivity contribution >= 4 is 0 Å². The van der Waals surface area contributed by atoms with Crippen LogP contribution < -0.4 is 0 Å². The summed E-state index contributed by atoms with van der Waals surface area (Å²) in [5, 5.41) is 0. The number of hydrogen-bond acceptors (Lipinski definition) is 2. The molecular weight excluding hydrogens is 176 g/mol. The lowest BCUT2D eigenvalue weighted by Gasteiger charge is -2.06. The van der Waals surface area contributed by atoms with Crippen LogP contribution in [0.5, 0.6) is 0 Å². The van der Waals surface area contributed by atoms with Crippen LogP contribution in [0.4, 0.5) is 0 Å². The number of rotatable bonds is 4. The molecule has 0 saturated carbocycles. The molecule has 1 unspecified atom stereocenters. The number of aryl methyl sites for hydroxylation is 1. The summed E-state index contributed by atoms with van der Waals surface area (Å²) in [6.45, 7) is 2.17. The monoisotopic (exact) mass is 190 g/mol. The first kappa shape index (κ1) is 9.13. The highest BCUT2D eigenvalue weighted by Gasteiger charge is 2.08. The van der Waals surface area contributed by atoms with Crippen LogP contribution in [0.15, 0.2) is 45.6 Å². The average Bonchev–Trinajstić information content (AvgIpc) is 2.87. The second-order valence-electron chi connectivity index (χ2n) is 3.53. The Morgan fingerprint density at radius 2 is 1.93 bits per heavy atom. The minimum atomic E-state index is 0.454. The summed E-state index contributed by atoms with van der Waals surface area (Å²) in [7, 11) is 0. The van der Waals surface area contributed by atoms with Gasteiger partial charge in [0, 0.05) is 12.3 Å². The fraction of sp³-hybridized carbons (Fsp3) is 0.333. The lowest BCUT2D eigenvalue weighted by Crippen LogP contribution is -1.93. The Kier molecular flexibility index (Phi) is 2.73. The molecule has 0 aromatic carbocycles. The summed E-state index contributed by atoms with van der Waals surface area (Å²) in [5.74, 6) is 2.55. The van der Waals surface area contributed by atoms with Crippen molar-refractivity contribution < 1.29 is 8.83 Å². The second kappa shape index (κ2) is 4.18. The van der Waals surface area contributed by atoms with E-state index in [2.05, 4.69) is 6.92 Å². The third kappa shape index (κ3) is 2.08. The molecule has 1 atom stereocenters. The van der Waals surface area contributed by atoms with E-state index in [9.17, 15) is 0 Å². The molecule has 14 heavy (non-hydrogen) atoms. The molecule has 0 saturated heterocycles. The maximum absolute atomic E-state index is 5.33. The molecule has 0 spiro atoms. The van der Waals surface area contributed by atoms with Crippen molar-refractivity contribution in [3.63, 3.8) is 0 Å². The maximum Gasteiger partial charge on any atom is 0.106 e. The molecule has 0 radical (unpaired) electrons. The van der Waals surface area contributed by atoms with Crippen LogP contribution in [0.3, 0.4) is 0 Å². The van der Waals surface area contributed by atoms with Crippen LogP contribution in [-0.4, -0.2) is 0 Å². The predicted molar refractivity (Wildman–Crippen MR) is 54.2 cm³/mol. The minimum Gasteiger partial charge on any atom is -0.469 e. The Labute approximate surface area is 83.5 Å². The Morgan fingerprint density at radius 1 is 1.14 bits per heavy atom. The standard InChI is InChI=1S/C12H14O2/c1-10(12-5-3-9-14-12)6-7-11-4-2-8-13-11/h2-5,8-10H,6-7H2,1H3. The van der Waals surface area contributed by atoms with Crippen molar-refractivity contribution in [2.24, 2.45) is 0 Å². The van der Waals surface area contributed by atoms with Gasteiger partial charge in [-0.05, 0) is 30.7 Å². The highest BCUT2D eigenvalue weighted by molar-refractivity contribution is 5.05. The van der Waals surface area contributed by atoms with Crippen molar-refractivity contribution in [2.75, 3.05) is 0 Å². The van der Waals surface area contributed by atoms with Gasteiger partial charge in [0.15, 0.2) is 0 Å². The van der Waals surface area contributed by atoms with Crippen LogP contribution in [0.2, 0.25) is 0 Å². The largest absolute Gasteiger partial charge is 0.469 e. The van der Waals surface area contributed by atoms with Crippen molar-refractivity contribution in [1.82, 2.24) is 0 Å². The van der Waals surface area contributed by atoms with Crippen LogP contribution in [0, 0.1) is 0 Å². The van der Waals surface area contributed by atoms with Gasteiger partial charge in [0.05, 0.1) is 12.5 Å². The lowest BCUT2D eigenvalue weighted by atomic mass is 10.0. The quantitative estimate of drug-likeness (QED) is 0.736. The van der Waals surface area contributed by atoms with Gasteiger partial charge in [-0.15, -0.1) is 0 Å². The fourth-order valence-electron chi connectivity index (χ4n) is 1.53. The molecule has 0 aliphatic carbocycles. The molecule has 0 fully saturated rings. The van der Waals surface area contributed by atoms with E-state index in [4.69, 9.17) is 8.83 Å². The first-order valence-electron chi connectivity index (χ1n) is 4.92. The van der Waals surface area contributed by atoms with Gasteiger partial charge in [-0.1, -0.05) is 6.92 Å². The maximum atomic E-state index is 5.33. The summed E-state index contributed by atoms with van der Waals surface area (Å²) in [6, 6.07) is 7.88. The Balaban J connectivity index is 1.87. The van der Waals surface area contributed by atoms with E-state index in [0.717, 1.165) is 24.4 Å². The van der Waals surface area contributed by atoms with Gasteiger partial charge in [-0.3, -0.25) is 0 Å². The van der Waals surface area contributed by atoms with E-state index in [0.29, 0.717) is 5.92 Å². The highest BCUT2D eigenvalue weighted by Crippen LogP contribution is 2.21. The second-order valence-corrected chi connectivity index (χ2v) is 3.53. The third-order valence-electron chi connectivity index (χ3n) is 2.43. The summed E-state index contributed by atoms with van der Waals surface area (Å²) >= 11 is 0.